The molecule has 3 aliphatic rings. The van der Waals surface area contributed by atoms with E-state index in [1.54, 1.807) is 6.21 Å². The fraction of sp³-hybridized carbons (Fsp3) is 0.391. The van der Waals surface area contributed by atoms with Crippen LogP contribution >= 0.6 is 0 Å². The summed E-state index contributed by atoms with van der Waals surface area (Å²) in [5.74, 6) is 1.16. The number of anilines is 2. The van der Waals surface area contributed by atoms with Gasteiger partial charge >= 0.3 is 0 Å². The van der Waals surface area contributed by atoms with Gasteiger partial charge in [0.05, 0.1) is 44.4 Å². The third kappa shape index (κ3) is 4.49. The predicted molar refractivity (Wildman–Crippen MR) is 122 cm³/mol. The second kappa shape index (κ2) is 9.05. The van der Waals surface area contributed by atoms with E-state index in [0.29, 0.717) is 44.4 Å². The van der Waals surface area contributed by atoms with Gasteiger partial charge in [0.1, 0.15) is 5.82 Å². The summed E-state index contributed by atoms with van der Waals surface area (Å²) in [5, 5.41) is 7.33. The van der Waals surface area contributed by atoms with Gasteiger partial charge in [-0.3, -0.25) is 4.79 Å². The third-order valence-corrected chi connectivity index (χ3v) is 5.69. The molecule has 1 amide bonds. The second-order valence-corrected chi connectivity index (χ2v) is 8.17. The third-order valence-electron chi connectivity index (χ3n) is 5.69. The van der Waals surface area contributed by atoms with Crippen LogP contribution in [0.3, 0.4) is 0 Å². The number of carbonyl (C=O) groups is 1. The van der Waals surface area contributed by atoms with Gasteiger partial charge < -0.3 is 19.7 Å². The Morgan fingerprint density at radius 1 is 1.22 bits per heavy atom. The van der Waals surface area contributed by atoms with Crippen LogP contribution in [-0.2, 0) is 20.7 Å². The monoisotopic (exact) mass is 434 g/mol. The Balaban J connectivity index is 1.39. The first kappa shape index (κ1) is 20.6. The first-order valence-corrected chi connectivity index (χ1v) is 10.8. The van der Waals surface area contributed by atoms with Crippen molar-refractivity contribution in [1.82, 2.24) is 15.3 Å². The number of ether oxygens (including phenoxy) is 2. The maximum Gasteiger partial charge on any atom is 0.248 e. The number of morpholine rings is 1. The molecule has 0 unspecified atom stereocenters. The number of carbonyl (C=O) groups excluding carboxylic acids is 1. The van der Waals surface area contributed by atoms with Gasteiger partial charge in [0.15, 0.2) is 0 Å². The van der Waals surface area contributed by atoms with E-state index in [0.717, 1.165) is 35.7 Å². The maximum absolute atomic E-state index is 12.7. The van der Waals surface area contributed by atoms with Gasteiger partial charge in [0, 0.05) is 30.6 Å². The van der Waals surface area contributed by atoms with Crippen molar-refractivity contribution in [2.24, 2.45) is 5.10 Å². The van der Waals surface area contributed by atoms with Crippen LogP contribution in [0.15, 0.2) is 34.9 Å². The lowest BCUT2D eigenvalue weighted by atomic mass is 10.1. The highest BCUT2D eigenvalue weighted by Gasteiger charge is 2.29. The van der Waals surface area contributed by atoms with Crippen LogP contribution in [0.1, 0.15) is 22.4 Å². The summed E-state index contributed by atoms with van der Waals surface area (Å²) in [6.07, 6.45) is 4.10. The standard InChI is InChI=1S/C23H26N6O3/c1-15-3-2-4-16(9-15)12-24-28-23-26-20-11-17(22(30)25-18-13-32-14-18)10-19(20)21(27-23)29-5-7-31-8-6-29/h2-4,9,11-12,18H,5-8,10,13-14H2,1H3,(H,25,30)(H,26,27,28)/b24-12+. The minimum atomic E-state index is -0.0730. The normalized spacial score (nSPS) is 18.3. The maximum atomic E-state index is 12.7. The molecule has 0 radical (unpaired) electrons. The molecule has 2 N–H and O–H groups in total. The van der Waals surface area contributed by atoms with E-state index in [1.807, 2.05) is 31.2 Å². The van der Waals surface area contributed by atoms with Gasteiger partial charge in [0.25, 0.3) is 0 Å². The van der Waals surface area contributed by atoms with Crippen LogP contribution < -0.4 is 15.6 Å². The highest BCUT2D eigenvalue weighted by molar-refractivity contribution is 6.00. The van der Waals surface area contributed by atoms with Crippen LogP contribution in [0, 0.1) is 6.92 Å². The van der Waals surface area contributed by atoms with Crippen molar-refractivity contribution >= 4 is 30.0 Å². The lowest BCUT2D eigenvalue weighted by Gasteiger charge is -2.29. The lowest BCUT2D eigenvalue weighted by molar-refractivity contribution is -0.121. The van der Waals surface area contributed by atoms with Crippen molar-refractivity contribution in [3.8, 4) is 0 Å². The van der Waals surface area contributed by atoms with E-state index >= 15 is 0 Å². The van der Waals surface area contributed by atoms with E-state index in [2.05, 4.69) is 31.8 Å². The quantitative estimate of drug-likeness (QED) is 0.525. The minimum absolute atomic E-state index is 0.0730. The highest BCUT2D eigenvalue weighted by atomic mass is 16.5. The molecule has 5 rings (SSSR count). The molecule has 2 aromatic rings. The summed E-state index contributed by atoms with van der Waals surface area (Å²) in [5.41, 5.74) is 7.53. The Kier molecular flexibility index (Phi) is 5.83. The number of nitrogens with one attached hydrogen (secondary N) is 2. The van der Waals surface area contributed by atoms with E-state index < -0.39 is 0 Å². The number of fused-ring (bicyclic) bond motifs is 1. The second-order valence-electron chi connectivity index (χ2n) is 8.17. The van der Waals surface area contributed by atoms with Gasteiger partial charge in [-0.15, -0.1) is 0 Å². The van der Waals surface area contributed by atoms with Gasteiger partial charge in [-0.1, -0.05) is 29.8 Å². The lowest BCUT2D eigenvalue weighted by Crippen LogP contribution is -2.49. The molecule has 0 spiro atoms. The zero-order valence-corrected chi connectivity index (χ0v) is 18.0. The average molecular weight is 435 g/mol. The molecule has 32 heavy (non-hydrogen) atoms. The highest BCUT2D eigenvalue weighted by Crippen LogP contribution is 2.32. The molecule has 0 saturated carbocycles. The molecular formula is C23H26N6O3. The van der Waals surface area contributed by atoms with Crippen LogP contribution in [-0.4, -0.2) is 67.6 Å². The number of aromatic nitrogens is 2. The molecule has 9 heteroatoms. The van der Waals surface area contributed by atoms with E-state index in [9.17, 15) is 4.79 Å². The molecule has 2 saturated heterocycles. The average Bonchev–Trinajstić information content (AvgIpc) is 3.21. The molecule has 1 aromatic carbocycles. The molecule has 2 aliphatic heterocycles. The largest absolute Gasteiger partial charge is 0.378 e. The Bertz CT molecular complexity index is 1070. The molecule has 9 nitrogen and oxygen atoms in total. The fourth-order valence-electron chi connectivity index (χ4n) is 3.93. The molecular weight excluding hydrogens is 408 g/mol. The first-order chi connectivity index (χ1) is 15.7. The molecule has 3 heterocycles. The summed E-state index contributed by atoms with van der Waals surface area (Å²) < 4.78 is 10.7. The van der Waals surface area contributed by atoms with Gasteiger partial charge in [-0.25, -0.2) is 10.4 Å². The Morgan fingerprint density at radius 2 is 2.06 bits per heavy atom. The number of hydrazone groups is 1. The summed E-state index contributed by atoms with van der Waals surface area (Å²) in [6, 6.07) is 8.16. The Labute approximate surface area is 186 Å². The van der Waals surface area contributed by atoms with Crippen LogP contribution in [0.25, 0.3) is 6.08 Å². The van der Waals surface area contributed by atoms with Gasteiger partial charge in [-0.05, 0) is 18.6 Å². The number of rotatable bonds is 6. The molecule has 166 valence electrons. The Hall–Kier alpha value is -3.30. The van der Waals surface area contributed by atoms with Crippen molar-refractivity contribution in [2.75, 3.05) is 49.8 Å². The summed E-state index contributed by atoms with van der Waals surface area (Å²) in [6.45, 7) is 5.97. The van der Waals surface area contributed by atoms with Crippen molar-refractivity contribution in [1.29, 1.82) is 0 Å². The molecule has 1 aliphatic carbocycles. The number of amides is 1. The SMILES string of the molecule is Cc1cccc(/C=N/Nc2nc3c(c(N4CCOCC4)n2)CC(C(=O)NC2COC2)=C3)c1. The Morgan fingerprint density at radius 3 is 2.81 bits per heavy atom. The minimum Gasteiger partial charge on any atom is -0.378 e. The van der Waals surface area contributed by atoms with Crippen molar-refractivity contribution in [3.63, 3.8) is 0 Å². The van der Waals surface area contributed by atoms with E-state index in [-0.39, 0.29) is 11.9 Å². The van der Waals surface area contributed by atoms with E-state index in [4.69, 9.17) is 14.5 Å². The number of nitrogens with zero attached hydrogens (tertiary/aromatic N) is 4. The molecule has 1 aromatic heterocycles. The van der Waals surface area contributed by atoms with E-state index in [1.165, 1.54) is 5.56 Å². The van der Waals surface area contributed by atoms with Crippen LogP contribution in [0.5, 0.6) is 0 Å². The number of hydrogen-bond donors (Lipinski definition) is 2. The van der Waals surface area contributed by atoms with Crippen molar-refractivity contribution in [3.05, 3.63) is 52.2 Å². The zero-order chi connectivity index (χ0) is 21.9. The number of aryl methyl sites for hydroxylation is 1. The molecule has 0 atom stereocenters. The van der Waals surface area contributed by atoms with Gasteiger partial charge in [0.2, 0.25) is 11.9 Å². The number of hydrogen-bond acceptors (Lipinski definition) is 8. The van der Waals surface area contributed by atoms with Crippen molar-refractivity contribution < 1.29 is 14.3 Å². The smallest absolute Gasteiger partial charge is 0.248 e. The summed E-state index contributed by atoms with van der Waals surface area (Å²) in [7, 11) is 0. The van der Waals surface area contributed by atoms with Crippen LogP contribution in [0.4, 0.5) is 11.8 Å². The van der Waals surface area contributed by atoms with Crippen LogP contribution in [0.2, 0.25) is 0 Å². The number of benzene rings is 1. The predicted octanol–water partition coefficient (Wildman–Crippen LogP) is 1.52. The molecule has 0 bridgehead atoms. The topological polar surface area (TPSA) is 101 Å². The summed E-state index contributed by atoms with van der Waals surface area (Å²) in [4.78, 5) is 24.3. The fourth-order valence-corrected chi connectivity index (χ4v) is 3.93. The van der Waals surface area contributed by atoms with Gasteiger partial charge in [-0.2, -0.15) is 10.1 Å². The summed E-state index contributed by atoms with van der Waals surface area (Å²) >= 11 is 0. The van der Waals surface area contributed by atoms with Crippen molar-refractivity contribution in [2.45, 2.75) is 19.4 Å². The first-order valence-electron chi connectivity index (χ1n) is 10.8. The molecule has 2 fully saturated rings. The zero-order valence-electron chi connectivity index (χ0n) is 18.0.